The Labute approximate surface area is 111 Å². The largest absolute Gasteiger partial charge is 0.340 e. The summed E-state index contributed by atoms with van der Waals surface area (Å²) in [6, 6.07) is 6.13. The molecule has 3 nitrogen and oxygen atoms in total. The van der Waals surface area contributed by atoms with Crippen molar-refractivity contribution in [3.63, 3.8) is 0 Å². The molecule has 1 amide bonds. The highest BCUT2D eigenvalue weighted by Gasteiger charge is 2.09. The summed E-state index contributed by atoms with van der Waals surface area (Å²) in [5, 5.41) is 3.04. The van der Waals surface area contributed by atoms with Gasteiger partial charge in [-0.05, 0) is 36.7 Å². The third-order valence-corrected chi connectivity index (χ3v) is 3.16. The number of rotatable bonds is 5. The summed E-state index contributed by atoms with van der Waals surface area (Å²) < 4.78 is 1.05. The van der Waals surface area contributed by atoms with Crippen LogP contribution >= 0.6 is 15.9 Å². The second-order valence-corrected chi connectivity index (χ2v) is 5.02. The Bertz CT molecular complexity index is 393. The highest BCUT2D eigenvalue weighted by atomic mass is 79.9. The number of halogens is 1. The van der Waals surface area contributed by atoms with Crippen LogP contribution in [-0.4, -0.2) is 30.9 Å². The highest BCUT2D eigenvalue weighted by Crippen LogP contribution is 2.17. The lowest BCUT2D eigenvalue weighted by Crippen LogP contribution is -2.35. The van der Waals surface area contributed by atoms with E-state index in [1.54, 1.807) is 4.90 Å². The van der Waals surface area contributed by atoms with Crippen molar-refractivity contribution in [1.82, 2.24) is 10.2 Å². The van der Waals surface area contributed by atoms with Gasteiger partial charge in [0.25, 0.3) is 0 Å². The van der Waals surface area contributed by atoms with Crippen LogP contribution < -0.4 is 5.32 Å². The van der Waals surface area contributed by atoms with Gasteiger partial charge in [0.2, 0.25) is 5.91 Å². The molecule has 0 aromatic heterocycles. The van der Waals surface area contributed by atoms with Gasteiger partial charge in [-0.25, -0.2) is 0 Å². The molecule has 0 aliphatic rings. The van der Waals surface area contributed by atoms with Crippen molar-refractivity contribution >= 4 is 21.8 Å². The van der Waals surface area contributed by atoms with Crippen LogP contribution in [-0.2, 0) is 11.3 Å². The van der Waals surface area contributed by atoms with Crippen molar-refractivity contribution in [2.24, 2.45) is 0 Å². The lowest BCUT2D eigenvalue weighted by molar-refractivity contribution is -0.129. The smallest absolute Gasteiger partial charge is 0.236 e. The number of carbonyl (C=O) groups is 1. The fourth-order valence-corrected chi connectivity index (χ4v) is 1.93. The Balaban J connectivity index is 2.64. The van der Waals surface area contributed by atoms with Crippen LogP contribution in [0.15, 0.2) is 22.7 Å². The van der Waals surface area contributed by atoms with Gasteiger partial charge in [-0.3, -0.25) is 4.79 Å². The third-order valence-electron chi connectivity index (χ3n) is 2.67. The minimum absolute atomic E-state index is 0.117. The molecule has 17 heavy (non-hydrogen) atoms. The van der Waals surface area contributed by atoms with E-state index in [0.717, 1.165) is 11.0 Å². The lowest BCUT2D eigenvalue weighted by atomic mass is 10.1. The van der Waals surface area contributed by atoms with Crippen molar-refractivity contribution in [2.75, 3.05) is 20.1 Å². The maximum absolute atomic E-state index is 11.8. The van der Waals surface area contributed by atoms with Gasteiger partial charge < -0.3 is 10.2 Å². The molecule has 0 atom stereocenters. The number of benzene rings is 1. The Morgan fingerprint density at radius 2 is 2.18 bits per heavy atom. The number of carbonyl (C=O) groups excluding carboxylic acids is 1. The lowest BCUT2D eigenvalue weighted by Gasteiger charge is -2.19. The second kappa shape index (κ2) is 6.77. The third kappa shape index (κ3) is 4.48. The van der Waals surface area contributed by atoms with Gasteiger partial charge in [0.05, 0.1) is 6.54 Å². The van der Waals surface area contributed by atoms with Crippen molar-refractivity contribution < 1.29 is 4.79 Å². The van der Waals surface area contributed by atoms with Crippen LogP contribution in [0.25, 0.3) is 0 Å². The molecule has 0 aliphatic carbocycles. The van der Waals surface area contributed by atoms with Gasteiger partial charge in [-0.2, -0.15) is 0 Å². The first-order valence-electron chi connectivity index (χ1n) is 5.74. The molecular weight excluding hydrogens is 280 g/mol. The number of amides is 1. The first-order chi connectivity index (χ1) is 8.04. The van der Waals surface area contributed by atoms with Gasteiger partial charge in [0, 0.05) is 18.1 Å². The summed E-state index contributed by atoms with van der Waals surface area (Å²) in [7, 11) is 1.83. The Hall–Kier alpha value is -0.870. The summed E-state index contributed by atoms with van der Waals surface area (Å²) >= 11 is 3.45. The van der Waals surface area contributed by atoms with E-state index in [4.69, 9.17) is 0 Å². The van der Waals surface area contributed by atoms with E-state index in [2.05, 4.69) is 40.3 Å². The van der Waals surface area contributed by atoms with E-state index >= 15 is 0 Å². The molecule has 0 saturated heterocycles. The molecule has 1 aromatic carbocycles. The summed E-state index contributed by atoms with van der Waals surface area (Å²) in [5.74, 6) is 0.117. The maximum Gasteiger partial charge on any atom is 0.236 e. The van der Waals surface area contributed by atoms with Crippen molar-refractivity contribution in [3.05, 3.63) is 33.8 Å². The van der Waals surface area contributed by atoms with Gasteiger partial charge in [-0.15, -0.1) is 0 Å². The Morgan fingerprint density at radius 3 is 2.82 bits per heavy atom. The minimum Gasteiger partial charge on any atom is -0.340 e. The molecule has 1 rings (SSSR count). The molecule has 1 N–H and O–H groups in total. The summed E-state index contributed by atoms with van der Waals surface area (Å²) in [6.45, 7) is 5.92. The van der Waals surface area contributed by atoms with Crippen molar-refractivity contribution in [2.45, 2.75) is 20.4 Å². The monoisotopic (exact) mass is 298 g/mol. The molecule has 94 valence electrons. The molecule has 0 fully saturated rings. The zero-order valence-corrected chi connectivity index (χ0v) is 12.2. The van der Waals surface area contributed by atoms with Crippen LogP contribution in [0.2, 0.25) is 0 Å². The first kappa shape index (κ1) is 14.2. The quantitative estimate of drug-likeness (QED) is 0.905. The van der Waals surface area contributed by atoms with Gasteiger partial charge >= 0.3 is 0 Å². The number of hydrogen-bond donors (Lipinski definition) is 1. The summed E-state index contributed by atoms with van der Waals surface area (Å²) in [5.41, 5.74) is 2.38. The molecular formula is C13H19BrN2O. The summed E-state index contributed by atoms with van der Waals surface area (Å²) in [4.78, 5) is 13.5. The molecule has 0 saturated carbocycles. The highest BCUT2D eigenvalue weighted by molar-refractivity contribution is 9.10. The standard InChI is InChI=1S/C13H19BrN2O/c1-4-15-8-13(17)16(3)9-11-7-12(14)6-5-10(11)2/h5-7,15H,4,8-9H2,1-3H3. The van der Waals surface area contributed by atoms with E-state index < -0.39 is 0 Å². The van der Waals surface area contributed by atoms with Gasteiger partial charge in [0.1, 0.15) is 0 Å². The maximum atomic E-state index is 11.8. The van der Waals surface area contributed by atoms with Crippen molar-refractivity contribution in [1.29, 1.82) is 0 Å². The number of likely N-dealkylation sites (N-methyl/N-ethyl adjacent to an activating group) is 2. The molecule has 1 aromatic rings. The summed E-state index contributed by atoms with van der Waals surface area (Å²) in [6.07, 6.45) is 0. The van der Waals surface area contributed by atoms with Crippen LogP contribution in [0.4, 0.5) is 0 Å². The topological polar surface area (TPSA) is 32.3 Å². The average molecular weight is 299 g/mol. The van der Waals surface area contributed by atoms with E-state index in [1.807, 2.05) is 20.0 Å². The Morgan fingerprint density at radius 1 is 1.47 bits per heavy atom. The number of aryl methyl sites for hydroxylation is 1. The molecule has 0 spiro atoms. The fourth-order valence-electron chi connectivity index (χ4n) is 1.52. The van der Waals surface area contributed by atoms with Crippen LogP contribution in [0.5, 0.6) is 0 Å². The first-order valence-corrected chi connectivity index (χ1v) is 6.53. The van der Waals surface area contributed by atoms with Crippen molar-refractivity contribution in [3.8, 4) is 0 Å². The van der Waals surface area contributed by atoms with Crippen LogP contribution in [0, 0.1) is 6.92 Å². The van der Waals surface area contributed by atoms with Crippen LogP contribution in [0.1, 0.15) is 18.1 Å². The molecule has 0 radical (unpaired) electrons. The molecule has 0 bridgehead atoms. The normalized spacial score (nSPS) is 10.4. The molecule has 0 aliphatic heterocycles. The molecule has 4 heteroatoms. The van der Waals surface area contributed by atoms with Gasteiger partial charge in [0.15, 0.2) is 0 Å². The SMILES string of the molecule is CCNCC(=O)N(C)Cc1cc(Br)ccc1C. The van der Waals surface area contributed by atoms with E-state index in [0.29, 0.717) is 13.1 Å². The minimum atomic E-state index is 0.117. The number of nitrogens with one attached hydrogen (secondary N) is 1. The predicted molar refractivity (Wildman–Crippen MR) is 73.9 cm³/mol. The van der Waals surface area contributed by atoms with E-state index in [1.165, 1.54) is 11.1 Å². The zero-order valence-electron chi connectivity index (χ0n) is 10.6. The second-order valence-electron chi connectivity index (χ2n) is 4.10. The average Bonchev–Trinajstić information content (AvgIpc) is 2.30. The van der Waals surface area contributed by atoms with E-state index in [-0.39, 0.29) is 5.91 Å². The fraction of sp³-hybridized carbons (Fsp3) is 0.462. The van der Waals surface area contributed by atoms with E-state index in [9.17, 15) is 4.79 Å². The molecule has 0 unspecified atom stereocenters. The van der Waals surface area contributed by atoms with Gasteiger partial charge in [-0.1, -0.05) is 28.9 Å². The predicted octanol–water partition coefficient (Wildman–Crippen LogP) is 2.33. The molecule has 0 heterocycles. The number of nitrogens with zero attached hydrogens (tertiary/aromatic N) is 1. The number of hydrogen-bond acceptors (Lipinski definition) is 2. The zero-order chi connectivity index (χ0) is 12.8. The Kier molecular flexibility index (Phi) is 5.65. The van der Waals surface area contributed by atoms with Crippen LogP contribution in [0.3, 0.4) is 0 Å².